The Balaban J connectivity index is 3.20. The number of nitrogens with two attached hydrogens (primary N) is 1. The fourth-order valence-electron chi connectivity index (χ4n) is 1.26. The van der Waals surface area contributed by atoms with Gasteiger partial charge in [0.05, 0.1) is 6.04 Å². The molecule has 0 heterocycles. The van der Waals surface area contributed by atoms with Gasteiger partial charge in [-0.3, -0.25) is 5.84 Å². The summed E-state index contributed by atoms with van der Waals surface area (Å²) in [6.07, 6.45) is 0. The summed E-state index contributed by atoms with van der Waals surface area (Å²) in [5, 5.41) is 0. The van der Waals surface area contributed by atoms with Gasteiger partial charge in [-0.1, -0.05) is 12.2 Å². The molecule has 15 heavy (non-hydrogen) atoms. The van der Waals surface area contributed by atoms with Crippen molar-refractivity contribution in [1.82, 2.24) is 5.43 Å². The Bertz CT molecular complexity index is 367. The van der Waals surface area contributed by atoms with Crippen LogP contribution in [0.5, 0.6) is 0 Å². The van der Waals surface area contributed by atoms with Gasteiger partial charge in [-0.2, -0.15) is 0 Å². The van der Waals surface area contributed by atoms with Crippen molar-refractivity contribution in [3.8, 4) is 0 Å². The van der Waals surface area contributed by atoms with Gasteiger partial charge in [0.1, 0.15) is 0 Å². The highest BCUT2D eigenvalue weighted by molar-refractivity contribution is 5.28. The molecule has 0 amide bonds. The second-order valence-corrected chi connectivity index (χ2v) is 3.24. The molecule has 0 aliphatic heterocycles. The lowest BCUT2D eigenvalue weighted by Crippen LogP contribution is -2.28. The van der Waals surface area contributed by atoms with Crippen molar-refractivity contribution in [3.05, 3.63) is 47.3 Å². The lowest BCUT2D eigenvalue weighted by atomic mass is 10.0. The fourth-order valence-corrected chi connectivity index (χ4v) is 1.26. The molecule has 3 N–H and O–H groups in total. The minimum Gasteiger partial charge on any atom is -0.271 e. The normalized spacial score (nSPS) is 12.6. The zero-order valence-electron chi connectivity index (χ0n) is 8.15. The zero-order chi connectivity index (χ0) is 11.6. The van der Waals surface area contributed by atoms with Crippen molar-refractivity contribution in [3.63, 3.8) is 0 Å². The highest BCUT2D eigenvalue weighted by atomic mass is 19.2. The Labute approximate surface area is 85.6 Å². The Morgan fingerprint density at radius 3 is 2.13 bits per heavy atom. The quantitative estimate of drug-likeness (QED) is 0.352. The molecular formula is C10H11F3N2. The molecule has 0 aromatic heterocycles. The van der Waals surface area contributed by atoms with Crippen LogP contribution in [0.1, 0.15) is 18.5 Å². The molecule has 1 atom stereocenters. The van der Waals surface area contributed by atoms with Crippen molar-refractivity contribution in [1.29, 1.82) is 0 Å². The van der Waals surface area contributed by atoms with Crippen LogP contribution >= 0.6 is 0 Å². The lowest BCUT2D eigenvalue weighted by Gasteiger charge is -2.16. The van der Waals surface area contributed by atoms with Gasteiger partial charge < -0.3 is 0 Å². The van der Waals surface area contributed by atoms with E-state index >= 15 is 0 Å². The summed E-state index contributed by atoms with van der Waals surface area (Å²) < 4.78 is 38.4. The van der Waals surface area contributed by atoms with Crippen LogP contribution in [0.2, 0.25) is 0 Å². The van der Waals surface area contributed by atoms with Gasteiger partial charge in [0.2, 0.25) is 0 Å². The summed E-state index contributed by atoms with van der Waals surface area (Å²) in [6, 6.07) is 1.17. The van der Waals surface area contributed by atoms with Crippen LogP contribution in [0.15, 0.2) is 24.3 Å². The summed E-state index contributed by atoms with van der Waals surface area (Å²) in [5.41, 5.74) is 3.10. The molecule has 0 saturated heterocycles. The average molecular weight is 216 g/mol. The highest BCUT2D eigenvalue weighted by Gasteiger charge is 2.16. The molecule has 0 radical (unpaired) electrons. The van der Waals surface area contributed by atoms with E-state index in [0.29, 0.717) is 5.57 Å². The van der Waals surface area contributed by atoms with E-state index in [1.165, 1.54) is 0 Å². The molecule has 0 saturated carbocycles. The van der Waals surface area contributed by atoms with Crippen molar-refractivity contribution in [2.45, 2.75) is 13.0 Å². The third kappa shape index (κ3) is 2.37. The van der Waals surface area contributed by atoms with Crippen molar-refractivity contribution >= 4 is 0 Å². The molecule has 1 unspecified atom stereocenters. The number of hydrogen-bond donors (Lipinski definition) is 2. The summed E-state index contributed by atoms with van der Waals surface area (Å²) in [6.45, 7) is 5.25. The summed E-state index contributed by atoms with van der Waals surface area (Å²) >= 11 is 0. The van der Waals surface area contributed by atoms with E-state index in [4.69, 9.17) is 5.84 Å². The fraction of sp³-hybridized carbons (Fsp3) is 0.200. The van der Waals surface area contributed by atoms with Gasteiger partial charge in [-0.15, -0.1) is 0 Å². The van der Waals surface area contributed by atoms with E-state index < -0.39 is 23.5 Å². The molecule has 0 aliphatic carbocycles. The largest absolute Gasteiger partial charge is 0.271 e. The number of hydrazine groups is 1. The summed E-state index contributed by atoms with van der Waals surface area (Å²) in [7, 11) is 0. The van der Waals surface area contributed by atoms with E-state index in [0.717, 1.165) is 12.1 Å². The van der Waals surface area contributed by atoms with Gasteiger partial charge in [-0.25, -0.2) is 18.6 Å². The second-order valence-electron chi connectivity index (χ2n) is 3.24. The molecule has 0 spiro atoms. The first kappa shape index (κ1) is 11.7. The van der Waals surface area contributed by atoms with E-state index in [1.54, 1.807) is 6.92 Å². The molecule has 0 aliphatic rings. The molecule has 82 valence electrons. The average Bonchev–Trinajstić information content (AvgIpc) is 2.14. The van der Waals surface area contributed by atoms with Crippen LogP contribution in [0.25, 0.3) is 0 Å². The number of hydrogen-bond acceptors (Lipinski definition) is 2. The maximum atomic E-state index is 12.9. The van der Waals surface area contributed by atoms with Crippen molar-refractivity contribution in [2.75, 3.05) is 0 Å². The SMILES string of the molecule is C=C(C)C(NN)c1cc(F)c(F)c(F)c1. The number of rotatable bonds is 3. The second kappa shape index (κ2) is 4.46. The van der Waals surface area contributed by atoms with Gasteiger partial charge in [0.15, 0.2) is 17.5 Å². The van der Waals surface area contributed by atoms with Crippen LogP contribution in [-0.4, -0.2) is 0 Å². The Morgan fingerprint density at radius 1 is 1.33 bits per heavy atom. The van der Waals surface area contributed by atoms with E-state index in [-0.39, 0.29) is 5.56 Å². The smallest absolute Gasteiger partial charge is 0.194 e. The Morgan fingerprint density at radius 2 is 1.80 bits per heavy atom. The first-order valence-electron chi connectivity index (χ1n) is 4.23. The van der Waals surface area contributed by atoms with Crippen LogP contribution in [0.3, 0.4) is 0 Å². The van der Waals surface area contributed by atoms with Gasteiger partial charge in [0.25, 0.3) is 0 Å². The van der Waals surface area contributed by atoms with E-state index in [9.17, 15) is 13.2 Å². The lowest BCUT2D eigenvalue weighted by molar-refractivity contribution is 0.442. The third-order valence-corrected chi connectivity index (χ3v) is 2.00. The summed E-state index contributed by atoms with van der Waals surface area (Å²) in [4.78, 5) is 0. The van der Waals surface area contributed by atoms with Crippen molar-refractivity contribution in [2.24, 2.45) is 5.84 Å². The number of halogens is 3. The van der Waals surface area contributed by atoms with Crippen LogP contribution in [0, 0.1) is 17.5 Å². The topological polar surface area (TPSA) is 38.0 Å². The standard InChI is InChI=1S/C10H11F3N2/c1-5(2)10(15-14)6-3-7(11)9(13)8(12)4-6/h3-4,10,15H,1,14H2,2H3. The highest BCUT2D eigenvalue weighted by Crippen LogP contribution is 2.22. The molecule has 1 aromatic rings. The van der Waals surface area contributed by atoms with E-state index in [2.05, 4.69) is 12.0 Å². The van der Waals surface area contributed by atoms with Gasteiger partial charge in [0, 0.05) is 0 Å². The number of nitrogens with one attached hydrogen (secondary N) is 1. The summed E-state index contributed by atoms with van der Waals surface area (Å²) in [5.74, 6) is 1.22. The van der Waals surface area contributed by atoms with Gasteiger partial charge >= 0.3 is 0 Å². The monoisotopic (exact) mass is 216 g/mol. The maximum absolute atomic E-state index is 12.9. The molecule has 1 aromatic carbocycles. The Hall–Kier alpha value is -1.33. The predicted octanol–water partition coefficient (Wildman–Crippen LogP) is 2.18. The van der Waals surface area contributed by atoms with Crippen molar-refractivity contribution < 1.29 is 13.2 Å². The Kier molecular flexibility index (Phi) is 3.49. The van der Waals surface area contributed by atoms with E-state index in [1.807, 2.05) is 0 Å². The van der Waals surface area contributed by atoms with Gasteiger partial charge in [-0.05, 0) is 24.6 Å². The third-order valence-electron chi connectivity index (χ3n) is 2.00. The molecule has 0 bridgehead atoms. The minimum atomic E-state index is -1.49. The first-order chi connectivity index (χ1) is 6.97. The molecule has 0 fully saturated rings. The molecule has 2 nitrogen and oxygen atoms in total. The molecular weight excluding hydrogens is 205 g/mol. The van der Waals surface area contributed by atoms with Crippen LogP contribution in [0.4, 0.5) is 13.2 Å². The van der Waals surface area contributed by atoms with Crippen LogP contribution < -0.4 is 11.3 Å². The maximum Gasteiger partial charge on any atom is 0.194 e. The zero-order valence-corrected chi connectivity index (χ0v) is 8.15. The van der Waals surface area contributed by atoms with Crippen LogP contribution in [-0.2, 0) is 0 Å². The number of benzene rings is 1. The minimum absolute atomic E-state index is 0.196. The first-order valence-corrected chi connectivity index (χ1v) is 4.23. The predicted molar refractivity (Wildman–Crippen MR) is 51.2 cm³/mol. The molecule has 5 heteroatoms. The molecule has 1 rings (SSSR count).